The third kappa shape index (κ3) is 6.52. The van der Waals surface area contributed by atoms with Gasteiger partial charge in [-0.3, -0.25) is 9.59 Å². The molecule has 0 unspecified atom stereocenters. The van der Waals surface area contributed by atoms with Crippen LogP contribution in [0.3, 0.4) is 0 Å². The zero-order valence-corrected chi connectivity index (χ0v) is 13.1. The molecule has 0 atom stereocenters. The Morgan fingerprint density at radius 2 is 1.91 bits per heavy atom. The zero-order chi connectivity index (χ0) is 17.1. The molecule has 122 valence electrons. The molecule has 0 aliphatic carbocycles. The van der Waals surface area contributed by atoms with Crippen molar-refractivity contribution in [3.8, 4) is 11.8 Å². The molecule has 0 fully saturated rings. The summed E-state index contributed by atoms with van der Waals surface area (Å²) in [7, 11) is 0. The lowest BCUT2D eigenvalue weighted by molar-refractivity contribution is -0.141. The SMILES string of the molecule is CCOC(=O)CN/C=C(/C#N)C(=O)Nc1ccc(OCC)cc1. The minimum absolute atomic E-state index is 0.116. The van der Waals surface area contributed by atoms with Gasteiger partial charge in [0, 0.05) is 11.9 Å². The number of hydrogen-bond donors (Lipinski definition) is 2. The number of nitrogens with one attached hydrogen (secondary N) is 2. The molecule has 0 aliphatic rings. The Morgan fingerprint density at radius 3 is 2.48 bits per heavy atom. The summed E-state index contributed by atoms with van der Waals surface area (Å²) >= 11 is 0. The Labute approximate surface area is 134 Å². The Bertz CT molecular complexity index is 603. The van der Waals surface area contributed by atoms with E-state index in [1.165, 1.54) is 6.20 Å². The van der Waals surface area contributed by atoms with E-state index in [1.807, 2.05) is 6.92 Å². The van der Waals surface area contributed by atoms with Crippen molar-refractivity contribution in [2.75, 3.05) is 25.1 Å². The van der Waals surface area contributed by atoms with Gasteiger partial charge in [-0.25, -0.2) is 0 Å². The van der Waals surface area contributed by atoms with Crippen LogP contribution in [-0.4, -0.2) is 31.6 Å². The molecule has 7 nitrogen and oxygen atoms in total. The average molecular weight is 317 g/mol. The molecule has 1 amide bonds. The van der Waals surface area contributed by atoms with Crippen molar-refractivity contribution in [1.82, 2.24) is 5.32 Å². The largest absolute Gasteiger partial charge is 0.494 e. The number of anilines is 1. The molecule has 0 saturated heterocycles. The van der Waals surface area contributed by atoms with Crippen LogP contribution in [0, 0.1) is 11.3 Å². The predicted molar refractivity (Wildman–Crippen MR) is 84.6 cm³/mol. The lowest BCUT2D eigenvalue weighted by atomic mass is 10.2. The van der Waals surface area contributed by atoms with Crippen LogP contribution in [0.1, 0.15) is 13.8 Å². The van der Waals surface area contributed by atoms with Crippen molar-refractivity contribution in [3.63, 3.8) is 0 Å². The maximum Gasteiger partial charge on any atom is 0.325 e. The lowest BCUT2D eigenvalue weighted by Gasteiger charge is -2.07. The molecule has 1 rings (SSSR count). The van der Waals surface area contributed by atoms with Crippen molar-refractivity contribution < 1.29 is 19.1 Å². The molecule has 0 heterocycles. The number of nitriles is 1. The van der Waals surface area contributed by atoms with Gasteiger partial charge >= 0.3 is 5.97 Å². The van der Waals surface area contributed by atoms with E-state index in [1.54, 1.807) is 37.3 Å². The Balaban J connectivity index is 2.59. The highest BCUT2D eigenvalue weighted by atomic mass is 16.5. The number of nitrogens with zero attached hydrogens (tertiary/aromatic N) is 1. The highest BCUT2D eigenvalue weighted by molar-refractivity contribution is 6.06. The summed E-state index contributed by atoms with van der Waals surface area (Å²) in [5.41, 5.74) is 0.383. The number of rotatable bonds is 8. The van der Waals surface area contributed by atoms with E-state index in [0.717, 1.165) is 0 Å². The zero-order valence-electron chi connectivity index (χ0n) is 13.1. The van der Waals surface area contributed by atoms with Gasteiger partial charge in [0.15, 0.2) is 0 Å². The van der Waals surface area contributed by atoms with Crippen LogP contribution >= 0.6 is 0 Å². The second-order valence-corrected chi connectivity index (χ2v) is 4.27. The Morgan fingerprint density at radius 1 is 1.22 bits per heavy atom. The van der Waals surface area contributed by atoms with Crippen LogP contribution in [0.5, 0.6) is 5.75 Å². The van der Waals surface area contributed by atoms with Gasteiger partial charge in [-0.1, -0.05) is 0 Å². The highest BCUT2D eigenvalue weighted by Gasteiger charge is 2.09. The van der Waals surface area contributed by atoms with Gasteiger partial charge in [-0.15, -0.1) is 0 Å². The van der Waals surface area contributed by atoms with Crippen LogP contribution < -0.4 is 15.4 Å². The summed E-state index contributed by atoms with van der Waals surface area (Å²) in [4.78, 5) is 23.1. The summed E-state index contributed by atoms with van der Waals surface area (Å²) in [5.74, 6) is -0.348. The molecule has 7 heteroatoms. The third-order valence-electron chi connectivity index (χ3n) is 2.59. The maximum absolute atomic E-state index is 12.0. The van der Waals surface area contributed by atoms with E-state index >= 15 is 0 Å². The van der Waals surface area contributed by atoms with E-state index in [4.69, 9.17) is 14.7 Å². The van der Waals surface area contributed by atoms with Crippen LogP contribution in [0.15, 0.2) is 36.0 Å². The number of hydrogen-bond acceptors (Lipinski definition) is 6. The van der Waals surface area contributed by atoms with Gasteiger partial charge in [0.25, 0.3) is 5.91 Å². The van der Waals surface area contributed by atoms with Gasteiger partial charge in [0.05, 0.1) is 13.2 Å². The molecule has 0 aromatic heterocycles. The first kappa shape index (κ1) is 18.0. The van der Waals surface area contributed by atoms with E-state index in [0.29, 0.717) is 18.0 Å². The van der Waals surface area contributed by atoms with Crippen LogP contribution in [0.25, 0.3) is 0 Å². The van der Waals surface area contributed by atoms with Gasteiger partial charge in [0.2, 0.25) is 0 Å². The van der Waals surface area contributed by atoms with Crippen molar-refractivity contribution in [2.45, 2.75) is 13.8 Å². The molecule has 2 N–H and O–H groups in total. The molecule has 1 aromatic carbocycles. The predicted octanol–water partition coefficient (Wildman–Crippen LogP) is 1.58. The standard InChI is InChI=1S/C16H19N3O4/c1-3-22-14-7-5-13(6-8-14)19-16(21)12(9-17)10-18-11-15(20)23-4-2/h5-8,10,18H,3-4,11H2,1-2H3,(H,19,21)/b12-10-. The minimum atomic E-state index is -0.576. The van der Waals surface area contributed by atoms with E-state index in [-0.39, 0.29) is 18.7 Å². The molecule has 0 spiro atoms. The number of carbonyl (C=O) groups is 2. The third-order valence-corrected chi connectivity index (χ3v) is 2.59. The highest BCUT2D eigenvalue weighted by Crippen LogP contribution is 2.16. The maximum atomic E-state index is 12.0. The topological polar surface area (TPSA) is 100 Å². The van der Waals surface area contributed by atoms with Crippen LogP contribution in [0.2, 0.25) is 0 Å². The van der Waals surface area contributed by atoms with Gasteiger partial charge in [-0.05, 0) is 38.1 Å². The van der Waals surface area contributed by atoms with Crippen molar-refractivity contribution in [3.05, 3.63) is 36.0 Å². The van der Waals surface area contributed by atoms with Gasteiger partial charge in [0.1, 0.15) is 23.9 Å². The van der Waals surface area contributed by atoms with E-state index in [9.17, 15) is 9.59 Å². The van der Waals surface area contributed by atoms with Crippen LogP contribution in [0.4, 0.5) is 5.69 Å². The first-order chi connectivity index (χ1) is 11.1. The van der Waals surface area contributed by atoms with Crippen molar-refractivity contribution in [1.29, 1.82) is 5.26 Å². The summed E-state index contributed by atoms with van der Waals surface area (Å²) in [6, 6.07) is 8.54. The Hall–Kier alpha value is -3.01. The summed E-state index contributed by atoms with van der Waals surface area (Å²) < 4.78 is 10.0. The molecular weight excluding hydrogens is 298 g/mol. The average Bonchev–Trinajstić information content (AvgIpc) is 2.54. The molecule has 0 aliphatic heterocycles. The first-order valence-electron chi connectivity index (χ1n) is 7.14. The number of ether oxygens (including phenoxy) is 2. The first-order valence-corrected chi connectivity index (χ1v) is 7.14. The fourth-order valence-electron chi connectivity index (χ4n) is 1.60. The summed E-state index contributed by atoms with van der Waals surface area (Å²) in [6.07, 6.45) is 1.18. The van der Waals surface area contributed by atoms with Crippen molar-refractivity contribution >= 4 is 17.6 Å². The van der Waals surface area contributed by atoms with Crippen LogP contribution in [-0.2, 0) is 14.3 Å². The molecule has 23 heavy (non-hydrogen) atoms. The summed E-state index contributed by atoms with van der Waals surface area (Å²) in [6.45, 7) is 4.28. The fourth-order valence-corrected chi connectivity index (χ4v) is 1.60. The molecule has 1 aromatic rings. The normalized spacial score (nSPS) is 10.4. The number of amides is 1. The second-order valence-electron chi connectivity index (χ2n) is 4.27. The molecular formula is C16H19N3O4. The Kier molecular flexibility index (Phi) is 7.72. The smallest absolute Gasteiger partial charge is 0.325 e. The lowest BCUT2D eigenvalue weighted by Crippen LogP contribution is -2.22. The quantitative estimate of drug-likeness (QED) is 0.429. The minimum Gasteiger partial charge on any atom is -0.494 e. The molecule has 0 saturated carbocycles. The van der Waals surface area contributed by atoms with Crippen molar-refractivity contribution in [2.24, 2.45) is 0 Å². The van der Waals surface area contributed by atoms with E-state index in [2.05, 4.69) is 10.6 Å². The van der Waals surface area contributed by atoms with E-state index < -0.39 is 11.9 Å². The van der Waals surface area contributed by atoms with Gasteiger partial charge in [-0.2, -0.15) is 5.26 Å². The van der Waals surface area contributed by atoms with Gasteiger partial charge < -0.3 is 20.1 Å². The molecule has 0 radical (unpaired) electrons. The molecule has 0 bridgehead atoms. The number of benzene rings is 1. The number of esters is 1. The fraction of sp³-hybridized carbons (Fsp3) is 0.312. The summed E-state index contributed by atoms with van der Waals surface area (Å²) in [5, 5.41) is 14.2. The second kappa shape index (κ2) is 9.84. The monoisotopic (exact) mass is 317 g/mol. The number of carbonyl (C=O) groups excluding carboxylic acids is 2.